The van der Waals surface area contributed by atoms with Crippen LogP contribution in [-0.4, -0.2) is 66.5 Å². The van der Waals surface area contributed by atoms with E-state index in [1.54, 1.807) is 45.2 Å². The third-order valence-corrected chi connectivity index (χ3v) is 10.0. The predicted octanol–water partition coefficient (Wildman–Crippen LogP) is 5.85. The van der Waals surface area contributed by atoms with Crippen molar-refractivity contribution in [1.82, 2.24) is 20.6 Å². The van der Waals surface area contributed by atoms with Crippen molar-refractivity contribution in [3.63, 3.8) is 0 Å². The Morgan fingerprint density at radius 3 is 2.48 bits per heavy atom. The zero-order valence-electron chi connectivity index (χ0n) is 27.0. The van der Waals surface area contributed by atoms with Crippen molar-refractivity contribution in [3.8, 4) is 5.75 Å². The lowest BCUT2D eigenvalue weighted by Gasteiger charge is -2.27. The van der Waals surface area contributed by atoms with Crippen LogP contribution >= 0.6 is 11.6 Å². The normalized spacial score (nSPS) is 15.8. The fourth-order valence-corrected chi connectivity index (χ4v) is 6.48. The molecule has 3 aromatic rings. The van der Waals surface area contributed by atoms with Gasteiger partial charge in [0.05, 0.1) is 40.4 Å². The molecular weight excluding hydrogens is 628 g/mol. The SMILES string of the molecule is CNC(=O)c1cc(Nc2ncc(Cl)c(Nc3ccccc3S(=O)(=O)C(C)C)n2)c(OC(C)C)cc1C1=CCC(N[C@@H](C)CO)CC1. The second-order valence-corrected chi connectivity index (χ2v) is 14.7. The number of nitrogens with zero attached hydrogens (tertiary/aromatic N) is 2. The smallest absolute Gasteiger partial charge is 0.251 e. The molecule has 46 heavy (non-hydrogen) atoms. The average molecular weight is 671 g/mol. The zero-order chi connectivity index (χ0) is 33.6. The number of amides is 1. The highest BCUT2D eigenvalue weighted by atomic mass is 35.5. The van der Waals surface area contributed by atoms with Gasteiger partial charge in [0.2, 0.25) is 5.95 Å². The molecule has 13 heteroatoms. The summed E-state index contributed by atoms with van der Waals surface area (Å²) in [6, 6.07) is 10.4. The van der Waals surface area contributed by atoms with Gasteiger partial charge in [-0.1, -0.05) is 29.8 Å². The maximum atomic E-state index is 13.2. The van der Waals surface area contributed by atoms with E-state index in [9.17, 15) is 18.3 Å². The van der Waals surface area contributed by atoms with E-state index in [0.717, 1.165) is 30.4 Å². The Balaban J connectivity index is 1.71. The van der Waals surface area contributed by atoms with Gasteiger partial charge in [-0.05, 0) is 89.3 Å². The number of hydrogen-bond donors (Lipinski definition) is 5. The number of benzene rings is 2. The summed E-state index contributed by atoms with van der Waals surface area (Å²) in [5, 5.41) is 21.4. The summed E-state index contributed by atoms with van der Waals surface area (Å²) >= 11 is 6.45. The van der Waals surface area contributed by atoms with E-state index in [0.29, 0.717) is 22.7 Å². The van der Waals surface area contributed by atoms with Crippen molar-refractivity contribution >= 4 is 56.1 Å². The van der Waals surface area contributed by atoms with Crippen LogP contribution in [0.4, 0.5) is 23.1 Å². The van der Waals surface area contributed by atoms with Crippen molar-refractivity contribution in [2.75, 3.05) is 24.3 Å². The van der Waals surface area contributed by atoms with Crippen molar-refractivity contribution in [2.24, 2.45) is 0 Å². The Morgan fingerprint density at radius 1 is 1.11 bits per heavy atom. The first-order valence-electron chi connectivity index (χ1n) is 15.4. The number of ether oxygens (including phenoxy) is 1. The Bertz CT molecular complexity index is 1700. The number of halogens is 1. The van der Waals surface area contributed by atoms with Gasteiger partial charge in [0.25, 0.3) is 5.91 Å². The topological polar surface area (TPSA) is 155 Å². The van der Waals surface area contributed by atoms with Gasteiger partial charge in [-0.2, -0.15) is 4.98 Å². The van der Waals surface area contributed by atoms with Crippen molar-refractivity contribution in [3.05, 3.63) is 64.8 Å². The first-order valence-corrected chi connectivity index (χ1v) is 17.3. The highest BCUT2D eigenvalue weighted by Gasteiger charge is 2.25. The lowest BCUT2D eigenvalue weighted by molar-refractivity contribution is 0.0962. The Hall–Kier alpha value is -3.71. The molecule has 0 fully saturated rings. The minimum atomic E-state index is -3.59. The monoisotopic (exact) mass is 670 g/mol. The molecule has 1 unspecified atom stereocenters. The summed E-state index contributed by atoms with van der Waals surface area (Å²) in [6.45, 7) is 9.10. The van der Waals surface area contributed by atoms with Crippen LogP contribution in [0.25, 0.3) is 5.57 Å². The summed E-state index contributed by atoms with van der Waals surface area (Å²) in [5.41, 5.74) is 3.08. The quantitative estimate of drug-likeness (QED) is 0.150. The van der Waals surface area contributed by atoms with E-state index in [2.05, 4.69) is 37.3 Å². The molecule has 0 saturated heterocycles. The second-order valence-electron chi connectivity index (χ2n) is 11.8. The van der Waals surface area contributed by atoms with E-state index < -0.39 is 15.1 Å². The minimum absolute atomic E-state index is 0.00593. The van der Waals surface area contributed by atoms with Crippen LogP contribution < -0.4 is 26.0 Å². The Morgan fingerprint density at radius 2 is 1.85 bits per heavy atom. The van der Waals surface area contributed by atoms with Gasteiger partial charge in [0.1, 0.15) is 10.8 Å². The fraction of sp³-hybridized carbons (Fsp3) is 0.424. The number of nitrogens with one attached hydrogen (secondary N) is 4. The lowest BCUT2D eigenvalue weighted by atomic mass is 9.87. The van der Waals surface area contributed by atoms with Crippen LogP contribution in [0.1, 0.15) is 69.8 Å². The average Bonchev–Trinajstić information content (AvgIpc) is 3.03. The summed E-state index contributed by atoms with van der Waals surface area (Å²) in [6.07, 6.45) is 5.75. The second kappa shape index (κ2) is 15.3. The predicted molar refractivity (Wildman–Crippen MR) is 183 cm³/mol. The maximum Gasteiger partial charge on any atom is 0.251 e. The largest absolute Gasteiger partial charge is 0.489 e. The zero-order valence-corrected chi connectivity index (χ0v) is 28.6. The van der Waals surface area contributed by atoms with Crippen LogP contribution in [0.5, 0.6) is 5.75 Å². The van der Waals surface area contributed by atoms with Gasteiger partial charge < -0.3 is 31.1 Å². The van der Waals surface area contributed by atoms with Gasteiger partial charge in [-0.15, -0.1) is 0 Å². The summed E-state index contributed by atoms with van der Waals surface area (Å²) in [7, 11) is -2.01. The fourth-order valence-electron chi connectivity index (χ4n) is 5.14. The summed E-state index contributed by atoms with van der Waals surface area (Å²) < 4.78 is 32.2. The van der Waals surface area contributed by atoms with E-state index in [4.69, 9.17) is 16.3 Å². The molecule has 1 aromatic heterocycles. The molecular formula is C33H43ClN6O5S. The number of hydrogen-bond acceptors (Lipinski definition) is 10. The van der Waals surface area contributed by atoms with Gasteiger partial charge in [0, 0.05) is 24.7 Å². The third kappa shape index (κ3) is 8.35. The van der Waals surface area contributed by atoms with Crippen LogP contribution in [0, 0.1) is 0 Å². The maximum absolute atomic E-state index is 13.2. The lowest BCUT2D eigenvalue weighted by Crippen LogP contribution is -2.39. The van der Waals surface area contributed by atoms with Gasteiger partial charge in [0.15, 0.2) is 15.7 Å². The van der Waals surface area contributed by atoms with Gasteiger partial charge in [-0.25, -0.2) is 13.4 Å². The number of allylic oxidation sites excluding steroid dienone is 1. The first kappa shape index (κ1) is 35.1. The number of aromatic nitrogens is 2. The van der Waals surface area contributed by atoms with Crippen LogP contribution in [0.3, 0.4) is 0 Å². The first-order chi connectivity index (χ1) is 21.8. The van der Waals surface area contributed by atoms with E-state index >= 15 is 0 Å². The summed E-state index contributed by atoms with van der Waals surface area (Å²) in [4.78, 5) is 22.2. The van der Waals surface area contributed by atoms with E-state index in [1.165, 1.54) is 12.3 Å². The molecule has 0 bridgehead atoms. The van der Waals surface area contributed by atoms with Crippen LogP contribution in [0.2, 0.25) is 5.02 Å². The number of sulfone groups is 1. The number of carbonyl (C=O) groups is 1. The Kier molecular flexibility index (Phi) is 11.7. The van der Waals surface area contributed by atoms with Gasteiger partial charge in [-0.3, -0.25) is 4.79 Å². The standard InChI is InChI=1S/C33H43ClN6O5S/c1-19(2)45-29-16-24(22-11-13-23(14-12-22)37-21(5)18-41)25(32(42)35-6)15-28(29)39-33-36-17-26(34)31(40-33)38-27-9-7-8-10-30(27)46(43,44)20(3)4/h7-11,15-17,19-21,23,37,41H,12-14,18H2,1-6H3,(H,35,42)(H2,36,38,39,40)/t21-,23?/m0/s1. The molecule has 4 rings (SSSR count). The molecule has 0 saturated carbocycles. The van der Waals surface area contributed by atoms with Crippen molar-refractivity contribution in [1.29, 1.82) is 0 Å². The number of rotatable bonds is 13. The molecule has 0 spiro atoms. The van der Waals surface area contributed by atoms with E-state index in [1.807, 2.05) is 26.8 Å². The number of aliphatic hydroxyl groups is 1. The molecule has 1 heterocycles. The minimum Gasteiger partial charge on any atom is -0.489 e. The molecule has 0 aliphatic heterocycles. The van der Waals surface area contributed by atoms with Crippen LogP contribution in [-0.2, 0) is 9.84 Å². The molecule has 2 aromatic carbocycles. The molecule has 11 nitrogen and oxygen atoms in total. The number of aliphatic hydroxyl groups excluding tert-OH is 1. The highest BCUT2D eigenvalue weighted by Crippen LogP contribution is 2.38. The van der Waals surface area contributed by atoms with Gasteiger partial charge >= 0.3 is 0 Å². The molecule has 1 amide bonds. The number of para-hydroxylation sites is 1. The van der Waals surface area contributed by atoms with Crippen molar-refractivity contribution in [2.45, 2.75) is 82.2 Å². The highest BCUT2D eigenvalue weighted by molar-refractivity contribution is 7.92. The molecule has 5 N–H and O–H groups in total. The third-order valence-electron chi connectivity index (χ3n) is 7.56. The molecule has 2 atom stereocenters. The van der Waals surface area contributed by atoms with Crippen LogP contribution in [0.15, 0.2) is 53.6 Å². The molecule has 1 aliphatic carbocycles. The molecule has 0 radical (unpaired) electrons. The Labute approximate surface area is 276 Å². The molecule has 1 aliphatic rings. The van der Waals surface area contributed by atoms with E-state index in [-0.39, 0.29) is 52.4 Å². The summed E-state index contributed by atoms with van der Waals surface area (Å²) in [5.74, 6) is 0.607. The number of carbonyl (C=O) groups excluding carboxylic acids is 1. The number of anilines is 4. The van der Waals surface area contributed by atoms with Crippen molar-refractivity contribution < 1.29 is 23.1 Å². The molecule has 248 valence electrons.